The molecule has 172 valence electrons. The van der Waals surface area contributed by atoms with Crippen molar-refractivity contribution in [3.63, 3.8) is 0 Å². The van der Waals surface area contributed by atoms with Gasteiger partial charge in [0.15, 0.2) is 0 Å². The fourth-order valence-corrected chi connectivity index (χ4v) is 4.70. The first kappa shape index (κ1) is 20.7. The Morgan fingerprint density at radius 3 is 2.18 bits per heavy atom. The number of carbonyl (C=O) groups is 1. The van der Waals surface area contributed by atoms with E-state index >= 15 is 0 Å². The smallest absolute Gasteiger partial charge is 0.293 e. The van der Waals surface area contributed by atoms with Crippen molar-refractivity contribution in [3.05, 3.63) is 82.9 Å². The van der Waals surface area contributed by atoms with Gasteiger partial charge in [0.2, 0.25) is 5.91 Å². The molecule has 2 fully saturated rings. The number of hydrogen-bond acceptors (Lipinski definition) is 5. The molecule has 1 saturated heterocycles. The van der Waals surface area contributed by atoms with Gasteiger partial charge in [0, 0.05) is 43.2 Å². The van der Waals surface area contributed by atoms with Crippen LogP contribution in [0, 0.1) is 0 Å². The first-order valence-electron chi connectivity index (χ1n) is 11.8. The molecule has 2 aromatic heterocycles. The summed E-state index contributed by atoms with van der Waals surface area (Å²) in [7, 11) is 0. The molecule has 8 heteroatoms. The molecule has 0 N–H and O–H groups in total. The number of amides is 1. The zero-order chi connectivity index (χ0) is 23.1. The Morgan fingerprint density at radius 1 is 0.882 bits per heavy atom. The van der Waals surface area contributed by atoms with Gasteiger partial charge in [-0.05, 0) is 37.1 Å². The Morgan fingerprint density at radius 2 is 1.53 bits per heavy atom. The Balaban J connectivity index is 1.28. The average molecular weight is 455 g/mol. The second-order valence-electron chi connectivity index (χ2n) is 8.98. The van der Waals surface area contributed by atoms with Crippen molar-refractivity contribution in [3.8, 4) is 5.69 Å². The highest BCUT2D eigenvalue weighted by Crippen LogP contribution is 2.41. The number of benzene rings is 2. The fraction of sp³-hybridized carbons (Fsp3) is 0.308. The Kier molecular flexibility index (Phi) is 5.13. The van der Waals surface area contributed by atoms with Gasteiger partial charge in [0.25, 0.3) is 5.56 Å². The number of para-hydroxylation sites is 2. The van der Waals surface area contributed by atoms with Crippen molar-refractivity contribution in [2.24, 2.45) is 0 Å². The SMILES string of the molecule is O=C(Cn1nc(C2CC2)c2cnn(-c3ccccc3)c2c1=O)N1CCN(c2ccccc2)CC1. The second-order valence-corrected chi connectivity index (χ2v) is 8.98. The Hall–Kier alpha value is -3.94. The van der Waals surface area contributed by atoms with Gasteiger partial charge in [-0.25, -0.2) is 9.36 Å². The number of carbonyl (C=O) groups excluding carboxylic acids is 1. The Bertz CT molecular complexity index is 1380. The van der Waals surface area contributed by atoms with Crippen molar-refractivity contribution in [1.82, 2.24) is 24.5 Å². The molecular formula is C26H26N6O2. The van der Waals surface area contributed by atoms with Crippen LogP contribution in [0.1, 0.15) is 24.5 Å². The van der Waals surface area contributed by atoms with Gasteiger partial charge in [-0.2, -0.15) is 10.2 Å². The van der Waals surface area contributed by atoms with Crippen molar-refractivity contribution in [2.45, 2.75) is 25.3 Å². The number of anilines is 1. The summed E-state index contributed by atoms with van der Waals surface area (Å²) in [5.41, 5.74) is 3.07. The van der Waals surface area contributed by atoms with Crippen LogP contribution in [-0.4, -0.2) is 56.5 Å². The van der Waals surface area contributed by atoms with E-state index in [0.717, 1.165) is 42.7 Å². The maximum Gasteiger partial charge on any atom is 0.293 e. The molecule has 0 spiro atoms. The highest BCUT2D eigenvalue weighted by Gasteiger charge is 2.31. The quantitative estimate of drug-likeness (QED) is 0.464. The molecule has 2 aliphatic rings. The minimum Gasteiger partial charge on any atom is -0.368 e. The molecule has 1 aliphatic heterocycles. The van der Waals surface area contributed by atoms with E-state index in [2.05, 4.69) is 27.2 Å². The third-order valence-electron chi connectivity index (χ3n) is 6.71. The van der Waals surface area contributed by atoms with Gasteiger partial charge >= 0.3 is 0 Å². The second kappa shape index (κ2) is 8.44. The standard InChI is InChI=1S/C26H26N6O2/c33-23(30-15-13-29(14-16-30)20-7-3-1-4-8-20)18-31-26(34)25-22(24(28-31)19-11-12-19)17-27-32(25)21-9-5-2-6-10-21/h1-10,17,19H,11-16,18H2. The highest BCUT2D eigenvalue weighted by atomic mass is 16.2. The summed E-state index contributed by atoms with van der Waals surface area (Å²) in [5, 5.41) is 9.96. The van der Waals surface area contributed by atoms with Crippen molar-refractivity contribution in [1.29, 1.82) is 0 Å². The first-order chi connectivity index (χ1) is 16.7. The number of fused-ring (bicyclic) bond motifs is 1. The third kappa shape index (κ3) is 3.75. The molecule has 0 atom stereocenters. The summed E-state index contributed by atoms with van der Waals surface area (Å²) in [6, 6.07) is 19.8. The third-order valence-corrected chi connectivity index (χ3v) is 6.71. The molecule has 2 aromatic carbocycles. The van der Waals surface area contributed by atoms with Crippen molar-refractivity contribution in [2.75, 3.05) is 31.1 Å². The maximum atomic E-state index is 13.5. The van der Waals surface area contributed by atoms with Crippen LogP contribution in [0.3, 0.4) is 0 Å². The van der Waals surface area contributed by atoms with E-state index < -0.39 is 0 Å². The van der Waals surface area contributed by atoms with E-state index in [1.807, 2.05) is 53.4 Å². The van der Waals surface area contributed by atoms with Crippen LogP contribution in [0.4, 0.5) is 5.69 Å². The molecule has 1 aliphatic carbocycles. The Labute approximate surface area is 197 Å². The molecule has 6 rings (SSSR count). The number of nitrogens with zero attached hydrogens (tertiary/aromatic N) is 6. The van der Waals surface area contributed by atoms with Gasteiger partial charge in [-0.15, -0.1) is 0 Å². The van der Waals surface area contributed by atoms with Gasteiger partial charge in [-0.3, -0.25) is 9.59 Å². The van der Waals surface area contributed by atoms with Crippen LogP contribution in [0.5, 0.6) is 0 Å². The lowest BCUT2D eigenvalue weighted by Crippen LogP contribution is -2.50. The van der Waals surface area contributed by atoms with Gasteiger partial charge in [-0.1, -0.05) is 36.4 Å². The van der Waals surface area contributed by atoms with Crippen molar-refractivity contribution < 1.29 is 4.79 Å². The van der Waals surface area contributed by atoms with Gasteiger partial charge in [0.05, 0.1) is 17.6 Å². The van der Waals surface area contributed by atoms with Gasteiger partial charge < -0.3 is 9.80 Å². The minimum absolute atomic E-state index is 0.0558. The zero-order valence-corrected chi connectivity index (χ0v) is 18.9. The van der Waals surface area contributed by atoms with Gasteiger partial charge in [0.1, 0.15) is 12.1 Å². The number of piperazine rings is 1. The molecule has 1 saturated carbocycles. The van der Waals surface area contributed by atoms with E-state index in [4.69, 9.17) is 0 Å². The number of rotatable bonds is 5. The summed E-state index contributed by atoms with van der Waals surface area (Å²) in [6.45, 7) is 2.74. The summed E-state index contributed by atoms with van der Waals surface area (Å²) in [5.74, 6) is 0.251. The molecule has 1 amide bonds. The lowest BCUT2D eigenvalue weighted by molar-refractivity contribution is -0.132. The van der Waals surface area contributed by atoms with Crippen LogP contribution in [0.15, 0.2) is 71.7 Å². The largest absolute Gasteiger partial charge is 0.368 e. The fourth-order valence-electron chi connectivity index (χ4n) is 4.70. The monoisotopic (exact) mass is 454 g/mol. The molecule has 4 aromatic rings. The molecule has 0 bridgehead atoms. The zero-order valence-electron chi connectivity index (χ0n) is 18.9. The van der Waals surface area contributed by atoms with Crippen LogP contribution in [-0.2, 0) is 11.3 Å². The topological polar surface area (TPSA) is 76.3 Å². The van der Waals surface area contributed by atoms with E-state index in [-0.39, 0.29) is 18.0 Å². The molecule has 0 unspecified atom stereocenters. The predicted molar refractivity (Wildman–Crippen MR) is 130 cm³/mol. The van der Waals surface area contributed by atoms with Crippen LogP contribution < -0.4 is 10.5 Å². The van der Waals surface area contributed by atoms with E-state index in [1.54, 1.807) is 10.9 Å². The lowest BCUT2D eigenvalue weighted by atomic mass is 10.2. The maximum absolute atomic E-state index is 13.5. The first-order valence-corrected chi connectivity index (χ1v) is 11.8. The van der Waals surface area contributed by atoms with E-state index in [1.165, 1.54) is 10.4 Å². The summed E-state index contributed by atoms with van der Waals surface area (Å²) >= 11 is 0. The van der Waals surface area contributed by atoms with Crippen LogP contribution in [0.25, 0.3) is 16.6 Å². The normalized spacial score (nSPS) is 16.2. The molecule has 8 nitrogen and oxygen atoms in total. The average Bonchev–Trinajstić information content (AvgIpc) is 3.64. The van der Waals surface area contributed by atoms with Crippen LogP contribution in [0.2, 0.25) is 0 Å². The molecule has 0 radical (unpaired) electrons. The lowest BCUT2D eigenvalue weighted by Gasteiger charge is -2.36. The molecule has 3 heterocycles. The predicted octanol–water partition coefficient (Wildman–Crippen LogP) is 2.81. The summed E-state index contributed by atoms with van der Waals surface area (Å²) < 4.78 is 3.02. The highest BCUT2D eigenvalue weighted by molar-refractivity contribution is 5.83. The molecular weight excluding hydrogens is 428 g/mol. The number of hydrogen-bond donors (Lipinski definition) is 0. The summed E-state index contributed by atoms with van der Waals surface area (Å²) in [4.78, 5) is 30.8. The number of aromatic nitrogens is 4. The molecule has 34 heavy (non-hydrogen) atoms. The minimum atomic E-state index is -0.281. The summed E-state index contributed by atoms with van der Waals surface area (Å²) in [6.07, 6.45) is 3.83. The van der Waals surface area contributed by atoms with Crippen molar-refractivity contribution >= 4 is 22.5 Å². The van der Waals surface area contributed by atoms with Crippen LogP contribution >= 0.6 is 0 Å². The van der Waals surface area contributed by atoms with E-state index in [0.29, 0.717) is 24.5 Å². The van der Waals surface area contributed by atoms with E-state index in [9.17, 15) is 9.59 Å².